The SMILES string of the molecule is Fc1cc(C(Cl)(Cl)Cl)cc(F)n1. The normalized spacial score (nSPS) is 11.8. The van der Waals surface area contributed by atoms with Crippen molar-refractivity contribution in [2.75, 3.05) is 0 Å². The molecule has 1 nitrogen and oxygen atoms in total. The van der Waals surface area contributed by atoms with Crippen molar-refractivity contribution in [3.63, 3.8) is 0 Å². The Balaban J connectivity index is 3.18. The van der Waals surface area contributed by atoms with E-state index >= 15 is 0 Å². The van der Waals surface area contributed by atoms with E-state index in [0.29, 0.717) is 0 Å². The zero-order valence-corrected chi connectivity index (χ0v) is 7.76. The van der Waals surface area contributed by atoms with E-state index in [9.17, 15) is 8.78 Å². The molecule has 0 aliphatic rings. The Morgan fingerprint density at radius 3 is 1.83 bits per heavy atom. The van der Waals surface area contributed by atoms with E-state index in [-0.39, 0.29) is 5.56 Å². The molecule has 1 aromatic rings. The number of alkyl halides is 3. The summed E-state index contributed by atoms with van der Waals surface area (Å²) in [5.74, 6) is -2.03. The van der Waals surface area contributed by atoms with Gasteiger partial charge < -0.3 is 0 Å². The molecule has 0 atom stereocenters. The second-order valence-electron chi connectivity index (χ2n) is 2.00. The first kappa shape index (κ1) is 9.96. The molecule has 0 unspecified atom stereocenters. The van der Waals surface area contributed by atoms with E-state index in [0.717, 1.165) is 12.1 Å². The van der Waals surface area contributed by atoms with Gasteiger partial charge in [-0.2, -0.15) is 13.8 Å². The van der Waals surface area contributed by atoms with Gasteiger partial charge in [-0.05, 0) is 0 Å². The van der Waals surface area contributed by atoms with Gasteiger partial charge in [-0.1, -0.05) is 34.8 Å². The molecule has 0 bridgehead atoms. The highest BCUT2D eigenvalue weighted by Gasteiger charge is 2.24. The Morgan fingerprint density at radius 2 is 1.50 bits per heavy atom. The summed E-state index contributed by atoms with van der Waals surface area (Å²) in [5, 5.41) is 0. The molecule has 0 saturated heterocycles. The highest BCUT2D eigenvalue weighted by Crippen LogP contribution is 2.38. The van der Waals surface area contributed by atoms with E-state index in [1.165, 1.54) is 0 Å². The molecule has 0 aromatic carbocycles. The van der Waals surface area contributed by atoms with Crippen molar-refractivity contribution in [1.29, 1.82) is 0 Å². The summed E-state index contributed by atoms with van der Waals surface area (Å²) in [6, 6.07) is 1.71. The zero-order chi connectivity index (χ0) is 9.35. The van der Waals surface area contributed by atoms with Crippen LogP contribution in [-0.4, -0.2) is 4.98 Å². The van der Waals surface area contributed by atoms with Crippen LogP contribution in [0.3, 0.4) is 0 Å². The molecule has 0 aliphatic carbocycles. The molecule has 0 fully saturated rings. The maximum Gasteiger partial charge on any atom is 0.216 e. The van der Waals surface area contributed by atoms with Crippen LogP contribution in [0.2, 0.25) is 0 Å². The van der Waals surface area contributed by atoms with Crippen molar-refractivity contribution >= 4 is 34.8 Å². The molecule has 0 aliphatic heterocycles. The van der Waals surface area contributed by atoms with Gasteiger partial charge in [0.05, 0.1) is 0 Å². The van der Waals surface area contributed by atoms with Crippen LogP contribution in [-0.2, 0) is 3.79 Å². The maximum absolute atomic E-state index is 12.4. The van der Waals surface area contributed by atoms with Crippen LogP contribution < -0.4 is 0 Å². The standard InChI is InChI=1S/C6H2Cl3F2N/c7-6(8,9)3-1-4(10)12-5(11)2-3/h1-2H. The van der Waals surface area contributed by atoms with Gasteiger partial charge >= 0.3 is 0 Å². The first-order chi connectivity index (χ1) is 5.39. The van der Waals surface area contributed by atoms with Gasteiger partial charge in [0.2, 0.25) is 15.7 Å². The topological polar surface area (TPSA) is 12.9 Å². The van der Waals surface area contributed by atoms with Crippen molar-refractivity contribution in [3.8, 4) is 0 Å². The fraction of sp³-hybridized carbons (Fsp3) is 0.167. The molecule has 1 heterocycles. The average molecular weight is 232 g/mol. The minimum absolute atomic E-state index is 0.0856. The van der Waals surface area contributed by atoms with Crippen molar-refractivity contribution in [2.24, 2.45) is 0 Å². The second-order valence-corrected chi connectivity index (χ2v) is 4.28. The Kier molecular flexibility index (Phi) is 2.76. The lowest BCUT2D eigenvalue weighted by atomic mass is 10.3. The molecule has 1 aromatic heterocycles. The van der Waals surface area contributed by atoms with E-state index in [1.54, 1.807) is 0 Å². The minimum atomic E-state index is -1.83. The monoisotopic (exact) mass is 231 g/mol. The Labute approximate surface area is 82.3 Å². The lowest BCUT2D eigenvalue weighted by molar-refractivity contribution is 0.510. The van der Waals surface area contributed by atoms with E-state index in [2.05, 4.69) is 4.98 Å². The molecular weight excluding hydrogens is 230 g/mol. The predicted octanol–water partition coefficient (Wildman–Crippen LogP) is 3.19. The molecule has 0 N–H and O–H groups in total. The summed E-state index contributed by atoms with van der Waals surface area (Å²) >= 11 is 16.1. The number of nitrogens with zero attached hydrogens (tertiary/aromatic N) is 1. The Hall–Kier alpha value is -0.120. The first-order valence-electron chi connectivity index (χ1n) is 2.80. The number of rotatable bonds is 0. The van der Waals surface area contributed by atoms with Crippen LogP contribution in [0.4, 0.5) is 8.78 Å². The van der Waals surface area contributed by atoms with E-state index < -0.39 is 15.7 Å². The molecular formula is C6H2Cl3F2N. The lowest BCUT2D eigenvalue weighted by Crippen LogP contribution is -2.03. The number of hydrogen-bond donors (Lipinski definition) is 0. The number of aromatic nitrogens is 1. The molecule has 0 amide bonds. The van der Waals surface area contributed by atoms with Gasteiger partial charge in [0, 0.05) is 17.7 Å². The minimum Gasteiger partial charge on any atom is -0.191 e. The van der Waals surface area contributed by atoms with Gasteiger partial charge in [-0.15, -0.1) is 0 Å². The second kappa shape index (κ2) is 3.32. The molecule has 0 radical (unpaired) electrons. The largest absolute Gasteiger partial charge is 0.216 e. The third kappa shape index (κ3) is 2.44. The summed E-state index contributed by atoms with van der Waals surface area (Å²) < 4.78 is 23.0. The summed E-state index contributed by atoms with van der Waals surface area (Å²) in [6.45, 7) is 0. The number of halogens is 5. The fourth-order valence-corrected chi connectivity index (χ4v) is 0.956. The third-order valence-corrected chi connectivity index (χ3v) is 1.74. The Morgan fingerprint density at radius 1 is 1.08 bits per heavy atom. The highest BCUT2D eigenvalue weighted by atomic mass is 35.6. The molecule has 66 valence electrons. The van der Waals surface area contributed by atoms with Crippen molar-refractivity contribution in [1.82, 2.24) is 4.98 Å². The van der Waals surface area contributed by atoms with Crippen LogP contribution >= 0.6 is 34.8 Å². The number of pyridine rings is 1. The summed E-state index contributed by atoms with van der Waals surface area (Å²) in [7, 11) is 0. The smallest absolute Gasteiger partial charge is 0.191 e. The predicted molar refractivity (Wildman–Crippen MR) is 43.4 cm³/mol. The van der Waals surface area contributed by atoms with Crippen LogP contribution in [0.5, 0.6) is 0 Å². The van der Waals surface area contributed by atoms with Crippen molar-refractivity contribution < 1.29 is 8.78 Å². The third-order valence-electron chi connectivity index (χ3n) is 1.09. The maximum atomic E-state index is 12.4. The average Bonchev–Trinajstić information content (AvgIpc) is 1.82. The van der Waals surface area contributed by atoms with Crippen LogP contribution in [0.15, 0.2) is 12.1 Å². The van der Waals surface area contributed by atoms with Gasteiger partial charge in [0.25, 0.3) is 0 Å². The first-order valence-corrected chi connectivity index (χ1v) is 3.93. The lowest BCUT2D eigenvalue weighted by Gasteiger charge is -2.10. The van der Waals surface area contributed by atoms with Crippen molar-refractivity contribution in [2.45, 2.75) is 3.79 Å². The molecule has 12 heavy (non-hydrogen) atoms. The zero-order valence-electron chi connectivity index (χ0n) is 5.49. The van der Waals surface area contributed by atoms with Crippen molar-refractivity contribution in [3.05, 3.63) is 29.6 Å². The van der Waals surface area contributed by atoms with Crippen LogP contribution in [0.25, 0.3) is 0 Å². The van der Waals surface area contributed by atoms with Crippen LogP contribution in [0.1, 0.15) is 5.56 Å². The molecule has 0 spiro atoms. The Bertz CT molecular complexity index is 277. The van der Waals surface area contributed by atoms with Gasteiger partial charge in [-0.3, -0.25) is 0 Å². The summed E-state index contributed by atoms with van der Waals surface area (Å²) in [6.07, 6.45) is 0. The van der Waals surface area contributed by atoms with Crippen LogP contribution in [0, 0.1) is 11.9 Å². The molecule has 0 saturated carbocycles. The molecule has 6 heteroatoms. The summed E-state index contributed by atoms with van der Waals surface area (Å²) in [4.78, 5) is 2.84. The van der Waals surface area contributed by atoms with E-state index in [4.69, 9.17) is 34.8 Å². The number of hydrogen-bond acceptors (Lipinski definition) is 1. The summed E-state index contributed by atoms with van der Waals surface area (Å²) in [5.41, 5.74) is -0.0856. The van der Waals surface area contributed by atoms with Gasteiger partial charge in [0.15, 0.2) is 0 Å². The highest BCUT2D eigenvalue weighted by molar-refractivity contribution is 6.66. The van der Waals surface area contributed by atoms with Gasteiger partial charge in [0.1, 0.15) is 0 Å². The van der Waals surface area contributed by atoms with E-state index in [1.807, 2.05) is 0 Å². The quantitative estimate of drug-likeness (QED) is 0.494. The fourth-order valence-electron chi connectivity index (χ4n) is 0.629. The molecule has 1 rings (SSSR count). The van der Waals surface area contributed by atoms with Gasteiger partial charge in [-0.25, -0.2) is 0 Å².